The molecular weight excluding hydrogens is 406 g/mol. The van der Waals surface area contributed by atoms with Crippen LogP contribution in [0.4, 0.5) is 0 Å². The highest BCUT2D eigenvalue weighted by Gasteiger charge is 2.27. The molecule has 1 saturated heterocycles. The monoisotopic (exact) mass is 437 g/mol. The number of hydrogen-bond acceptors (Lipinski definition) is 4. The first-order valence-electron chi connectivity index (χ1n) is 10.9. The van der Waals surface area contributed by atoms with Gasteiger partial charge in [-0.2, -0.15) is 0 Å². The van der Waals surface area contributed by atoms with E-state index in [9.17, 15) is 14.4 Å². The summed E-state index contributed by atoms with van der Waals surface area (Å²) < 4.78 is 5.17. The van der Waals surface area contributed by atoms with Crippen LogP contribution in [0.15, 0.2) is 48.5 Å². The third-order valence-electron chi connectivity index (χ3n) is 5.69. The zero-order chi connectivity index (χ0) is 23.1. The Morgan fingerprint density at radius 2 is 1.78 bits per heavy atom. The summed E-state index contributed by atoms with van der Waals surface area (Å²) in [6, 6.07) is 14.3. The summed E-state index contributed by atoms with van der Waals surface area (Å²) in [6.07, 6.45) is 1.75. The Bertz CT molecular complexity index is 950. The van der Waals surface area contributed by atoms with Crippen molar-refractivity contribution in [3.05, 3.63) is 65.2 Å². The first-order chi connectivity index (χ1) is 15.4. The number of aryl methyl sites for hydroxylation is 1. The third kappa shape index (κ3) is 6.33. The van der Waals surface area contributed by atoms with E-state index in [1.807, 2.05) is 60.4 Å². The Morgan fingerprint density at radius 1 is 1.09 bits per heavy atom. The number of nitrogens with zero attached hydrogens (tertiary/aromatic N) is 1. The average Bonchev–Trinajstić information content (AvgIpc) is 2.79. The van der Waals surface area contributed by atoms with E-state index in [1.165, 1.54) is 6.92 Å². The Labute approximate surface area is 189 Å². The molecule has 0 spiro atoms. The van der Waals surface area contributed by atoms with Crippen molar-refractivity contribution in [1.29, 1.82) is 0 Å². The molecule has 0 saturated carbocycles. The number of rotatable bonds is 7. The van der Waals surface area contributed by atoms with Crippen LogP contribution in [0.2, 0.25) is 0 Å². The first kappa shape index (κ1) is 23.3. The van der Waals surface area contributed by atoms with Gasteiger partial charge >= 0.3 is 0 Å². The molecule has 0 radical (unpaired) electrons. The van der Waals surface area contributed by atoms with Gasteiger partial charge in [-0.15, -0.1) is 0 Å². The number of likely N-dealkylation sites (tertiary alicyclic amines) is 1. The van der Waals surface area contributed by atoms with Gasteiger partial charge in [-0.05, 0) is 49.6 Å². The minimum Gasteiger partial charge on any atom is -0.497 e. The number of amides is 3. The zero-order valence-corrected chi connectivity index (χ0v) is 18.9. The van der Waals surface area contributed by atoms with Crippen molar-refractivity contribution in [2.45, 2.75) is 45.2 Å². The molecule has 2 aromatic rings. The van der Waals surface area contributed by atoms with Crippen LogP contribution in [-0.2, 0) is 16.0 Å². The number of carbonyl (C=O) groups is 3. The quantitative estimate of drug-likeness (QED) is 0.697. The van der Waals surface area contributed by atoms with Crippen molar-refractivity contribution < 1.29 is 19.1 Å². The number of ether oxygens (including phenoxy) is 1. The fraction of sp³-hybridized carbons (Fsp3) is 0.400. The number of nitrogens with one attached hydrogen (secondary N) is 2. The van der Waals surface area contributed by atoms with Gasteiger partial charge in [-0.25, -0.2) is 0 Å². The SMILES string of the molecule is COc1ccc(CC(NC(C)=O)C(=O)NC2CCN(C(=O)c3cccc(C)c3)CC2)cc1. The average molecular weight is 438 g/mol. The van der Waals surface area contributed by atoms with E-state index in [2.05, 4.69) is 10.6 Å². The van der Waals surface area contributed by atoms with Crippen molar-refractivity contribution >= 4 is 17.7 Å². The molecule has 170 valence electrons. The van der Waals surface area contributed by atoms with Crippen LogP contribution in [-0.4, -0.2) is 54.9 Å². The van der Waals surface area contributed by atoms with Gasteiger partial charge in [0, 0.05) is 38.0 Å². The molecule has 1 unspecified atom stereocenters. The van der Waals surface area contributed by atoms with E-state index < -0.39 is 6.04 Å². The van der Waals surface area contributed by atoms with E-state index in [1.54, 1.807) is 7.11 Å². The lowest BCUT2D eigenvalue weighted by atomic mass is 10.0. The number of methoxy groups -OCH3 is 1. The largest absolute Gasteiger partial charge is 0.497 e. The van der Waals surface area contributed by atoms with Crippen molar-refractivity contribution in [2.75, 3.05) is 20.2 Å². The molecule has 1 aliphatic rings. The van der Waals surface area contributed by atoms with Gasteiger partial charge in [-0.3, -0.25) is 14.4 Å². The molecule has 0 aliphatic carbocycles. The van der Waals surface area contributed by atoms with Crippen LogP contribution < -0.4 is 15.4 Å². The maximum Gasteiger partial charge on any atom is 0.253 e. The van der Waals surface area contributed by atoms with Gasteiger partial charge in [-0.1, -0.05) is 29.8 Å². The normalized spacial score (nSPS) is 15.0. The Hall–Kier alpha value is -3.35. The number of hydrogen-bond donors (Lipinski definition) is 2. The lowest BCUT2D eigenvalue weighted by molar-refractivity contribution is -0.128. The van der Waals surface area contributed by atoms with E-state index in [0.29, 0.717) is 37.9 Å². The molecule has 0 aromatic heterocycles. The third-order valence-corrected chi connectivity index (χ3v) is 5.69. The van der Waals surface area contributed by atoms with Gasteiger partial charge in [0.1, 0.15) is 11.8 Å². The van der Waals surface area contributed by atoms with Gasteiger partial charge in [0.2, 0.25) is 11.8 Å². The molecule has 1 heterocycles. The van der Waals surface area contributed by atoms with E-state index in [-0.39, 0.29) is 23.8 Å². The smallest absolute Gasteiger partial charge is 0.253 e. The summed E-state index contributed by atoms with van der Waals surface area (Å²) in [7, 11) is 1.60. The lowest BCUT2D eigenvalue weighted by Gasteiger charge is -2.33. The maximum atomic E-state index is 12.9. The molecule has 32 heavy (non-hydrogen) atoms. The summed E-state index contributed by atoms with van der Waals surface area (Å²) in [4.78, 5) is 39.2. The summed E-state index contributed by atoms with van der Waals surface area (Å²) in [5.74, 6) is 0.298. The highest BCUT2D eigenvalue weighted by Crippen LogP contribution is 2.16. The Kier molecular flexibility index (Phi) is 7.87. The van der Waals surface area contributed by atoms with Crippen LogP contribution in [0, 0.1) is 6.92 Å². The van der Waals surface area contributed by atoms with Gasteiger partial charge in [0.25, 0.3) is 5.91 Å². The standard InChI is InChI=1S/C25H31N3O4/c1-17-5-4-6-20(15-17)25(31)28-13-11-21(12-14-28)27-24(30)23(26-18(2)29)16-19-7-9-22(32-3)10-8-19/h4-10,15,21,23H,11-14,16H2,1-3H3,(H,26,29)(H,27,30). The molecule has 1 atom stereocenters. The summed E-state index contributed by atoms with van der Waals surface area (Å²) in [6.45, 7) is 4.54. The molecule has 2 aromatic carbocycles. The molecule has 3 amide bonds. The topological polar surface area (TPSA) is 87.7 Å². The summed E-state index contributed by atoms with van der Waals surface area (Å²) >= 11 is 0. The fourth-order valence-electron chi connectivity index (χ4n) is 3.94. The van der Waals surface area contributed by atoms with Crippen LogP contribution in [0.5, 0.6) is 5.75 Å². The molecular formula is C25H31N3O4. The number of piperidine rings is 1. The number of carbonyl (C=O) groups excluding carboxylic acids is 3. The Balaban J connectivity index is 1.55. The van der Waals surface area contributed by atoms with E-state index in [4.69, 9.17) is 4.74 Å². The van der Waals surface area contributed by atoms with Crippen LogP contribution in [0.25, 0.3) is 0 Å². The minimum atomic E-state index is -0.659. The summed E-state index contributed by atoms with van der Waals surface area (Å²) in [5.41, 5.74) is 2.68. The van der Waals surface area contributed by atoms with E-state index >= 15 is 0 Å². The molecule has 3 rings (SSSR count). The van der Waals surface area contributed by atoms with Gasteiger partial charge in [0.05, 0.1) is 7.11 Å². The molecule has 7 heteroatoms. The summed E-state index contributed by atoms with van der Waals surface area (Å²) in [5, 5.41) is 5.81. The lowest BCUT2D eigenvalue weighted by Crippen LogP contribution is -2.53. The predicted molar refractivity (Wildman–Crippen MR) is 123 cm³/mol. The second-order valence-electron chi connectivity index (χ2n) is 8.25. The van der Waals surface area contributed by atoms with Crippen LogP contribution in [0.3, 0.4) is 0 Å². The highest BCUT2D eigenvalue weighted by molar-refractivity contribution is 5.94. The van der Waals surface area contributed by atoms with Crippen molar-refractivity contribution in [3.63, 3.8) is 0 Å². The molecule has 1 fully saturated rings. The zero-order valence-electron chi connectivity index (χ0n) is 18.9. The first-order valence-corrected chi connectivity index (χ1v) is 10.9. The van der Waals surface area contributed by atoms with Crippen LogP contribution in [0.1, 0.15) is 41.3 Å². The van der Waals surface area contributed by atoms with Crippen molar-refractivity contribution in [2.24, 2.45) is 0 Å². The van der Waals surface area contributed by atoms with Gasteiger partial charge in [0.15, 0.2) is 0 Å². The van der Waals surface area contributed by atoms with Crippen LogP contribution >= 0.6 is 0 Å². The Morgan fingerprint density at radius 3 is 2.38 bits per heavy atom. The molecule has 0 bridgehead atoms. The van der Waals surface area contributed by atoms with Crippen molar-refractivity contribution in [1.82, 2.24) is 15.5 Å². The fourth-order valence-corrected chi connectivity index (χ4v) is 3.94. The minimum absolute atomic E-state index is 0.0223. The maximum absolute atomic E-state index is 12.9. The molecule has 2 N–H and O–H groups in total. The van der Waals surface area contributed by atoms with Crippen molar-refractivity contribution in [3.8, 4) is 5.75 Å². The molecule has 7 nitrogen and oxygen atoms in total. The van der Waals surface area contributed by atoms with E-state index in [0.717, 1.165) is 16.9 Å². The second kappa shape index (κ2) is 10.8. The molecule has 1 aliphatic heterocycles. The predicted octanol–water partition coefficient (Wildman–Crippen LogP) is 2.47. The van der Waals surface area contributed by atoms with Gasteiger partial charge < -0.3 is 20.3 Å². The second-order valence-corrected chi connectivity index (χ2v) is 8.25. The highest BCUT2D eigenvalue weighted by atomic mass is 16.5. The number of benzene rings is 2.